The van der Waals surface area contributed by atoms with E-state index < -0.39 is 17.7 Å². The molecular formula is C16H12ClF2N5O2. The van der Waals surface area contributed by atoms with Gasteiger partial charge in [-0.05, 0) is 24.3 Å². The number of nitrogens with zero attached hydrogens (tertiary/aromatic N) is 3. The number of aromatic nitrogens is 3. The van der Waals surface area contributed by atoms with Gasteiger partial charge in [-0.25, -0.2) is 23.7 Å². The molecule has 3 rings (SSSR count). The number of halogens is 3. The molecule has 134 valence electrons. The standard InChI is InChI=1S/C16H12ClF2N5O2/c17-10-5-11(15(13(19)6-10)24-3-1-2-22-24)9-4-12(18)14(20-7-9)8-21-16(25)23-26/h1-7,26H,8H2,(H2,21,23,25). The van der Waals surface area contributed by atoms with Crippen LogP contribution in [0, 0.1) is 11.6 Å². The Hall–Kier alpha value is -3.04. The summed E-state index contributed by atoms with van der Waals surface area (Å²) in [5, 5.41) is 14.8. The fourth-order valence-electron chi connectivity index (χ4n) is 2.37. The average Bonchev–Trinajstić information content (AvgIpc) is 3.13. The summed E-state index contributed by atoms with van der Waals surface area (Å²) >= 11 is 5.94. The van der Waals surface area contributed by atoms with Gasteiger partial charge in [0.05, 0.1) is 12.2 Å². The highest BCUT2D eigenvalue weighted by Crippen LogP contribution is 2.32. The number of nitrogens with one attached hydrogen (secondary N) is 2. The molecule has 0 fully saturated rings. The van der Waals surface area contributed by atoms with E-state index >= 15 is 0 Å². The number of pyridine rings is 1. The third-order valence-electron chi connectivity index (χ3n) is 3.51. The van der Waals surface area contributed by atoms with Gasteiger partial charge in [0.25, 0.3) is 0 Å². The van der Waals surface area contributed by atoms with Crippen molar-refractivity contribution in [1.82, 2.24) is 25.6 Å². The minimum absolute atomic E-state index is 0.0551. The SMILES string of the molecule is O=C(NO)NCc1ncc(-c2cc(Cl)cc(F)c2-n2cccn2)cc1F. The molecule has 3 aromatic rings. The van der Waals surface area contributed by atoms with Crippen LogP contribution >= 0.6 is 11.6 Å². The minimum Gasteiger partial charge on any atom is -0.331 e. The quantitative estimate of drug-likeness (QED) is 0.480. The third kappa shape index (κ3) is 3.63. The van der Waals surface area contributed by atoms with Gasteiger partial charge < -0.3 is 5.32 Å². The maximum atomic E-state index is 14.5. The lowest BCUT2D eigenvalue weighted by atomic mass is 10.0. The first-order valence-electron chi connectivity index (χ1n) is 7.31. The summed E-state index contributed by atoms with van der Waals surface area (Å²) in [6.45, 7) is -0.242. The molecule has 0 bridgehead atoms. The number of rotatable bonds is 4. The van der Waals surface area contributed by atoms with Crippen molar-refractivity contribution >= 4 is 17.6 Å². The molecule has 0 atom stereocenters. The Labute approximate surface area is 151 Å². The Morgan fingerprint density at radius 1 is 1.27 bits per heavy atom. The third-order valence-corrected chi connectivity index (χ3v) is 3.73. The van der Waals surface area contributed by atoms with Crippen LogP contribution in [0.4, 0.5) is 13.6 Å². The number of amides is 2. The number of benzene rings is 1. The molecule has 26 heavy (non-hydrogen) atoms. The van der Waals surface area contributed by atoms with E-state index in [1.165, 1.54) is 28.6 Å². The fourth-order valence-corrected chi connectivity index (χ4v) is 2.57. The zero-order valence-electron chi connectivity index (χ0n) is 13.1. The molecule has 2 amide bonds. The molecule has 0 saturated carbocycles. The van der Waals surface area contributed by atoms with Gasteiger partial charge in [0.2, 0.25) is 0 Å². The fraction of sp³-hybridized carbons (Fsp3) is 0.0625. The second-order valence-corrected chi connectivity index (χ2v) is 5.62. The van der Waals surface area contributed by atoms with Crippen molar-refractivity contribution in [2.24, 2.45) is 0 Å². The van der Waals surface area contributed by atoms with Gasteiger partial charge >= 0.3 is 6.03 Å². The van der Waals surface area contributed by atoms with E-state index in [9.17, 15) is 13.6 Å². The van der Waals surface area contributed by atoms with Crippen molar-refractivity contribution < 1.29 is 18.8 Å². The van der Waals surface area contributed by atoms with Crippen LogP contribution in [0.2, 0.25) is 5.02 Å². The highest BCUT2D eigenvalue weighted by atomic mass is 35.5. The lowest BCUT2D eigenvalue weighted by Crippen LogP contribution is -2.33. The number of urea groups is 1. The zero-order valence-corrected chi connectivity index (χ0v) is 13.8. The van der Waals surface area contributed by atoms with Crippen molar-refractivity contribution in [2.75, 3.05) is 0 Å². The molecule has 2 heterocycles. The van der Waals surface area contributed by atoms with Crippen LogP contribution in [-0.2, 0) is 6.54 Å². The van der Waals surface area contributed by atoms with Crippen LogP contribution in [0.1, 0.15) is 5.69 Å². The van der Waals surface area contributed by atoms with E-state index in [4.69, 9.17) is 16.8 Å². The van der Waals surface area contributed by atoms with Crippen LogP contribution in [0.15, 0.2) is 42.9 Å². The van der Waals surface area contributed by atoms with E-state index in [2.05, 4.69) is 15.4 Å². The number of carbonyl (C=O) groups excluding carboxylic acids is 1. The predicted molar refractivity (Wildman–Crippen MR) is 88.9 cm³/mol. The molecule has 0 aliphatic heterocycles. The van der Waals surface area contributed by atoms with E-state index in [0.29, 0.717) is 5.56 Å². The topological polar surface area (TPSA) is 92.1 Å². The largest absolute Gasteiger partial charge is 0.338 e. The number of hydrogen-bond donors (Lipinski definition) is 3. The summed E-state index contributed by atoms with van der Waals surface area (Å²) in [6, 6.07) is 4.50. The zero-order chi connectivity index (χ0) is 18.7. The van der Waals surface area contributed by atoms with Gasteiger partial charge in [0.1, 0.15) is 11.5 Å². The molecule has 0 aliphatic carbocycles. The van der Waals surface area contributed by atoms with Crippen LogP contribution in [-0.4, -0.2) is 26.0 Å². The number of hydroxylamine groups is 1. The van der Waals surface area contributed by atoms with Crippen LogP contribution in [0.5, 0.6) is 0 Å². The van der Waals surface area contributed by atoms with E-state index in [1.54, 1.807) is 12.3 Å². The Bertz CT molecular complexity index is 950. The van der Waals surface area contributed by atoms with Crippen molar-refractivity contribution in [3.63, 3.8) is 0 Å². The molecule has 1 aromatic carbocycles. The lowest BCUT2D eigenvalue weighted by Gasteiger charge is -2.13. The van der Waals surface area contributed by atoms with Gasteiger partial charge in [-0.1, -0.05) is 11.6 Å². The molecule has 0 radical (unpaired) electrons. The Morgan fingerprint density at radius 3 is 2.73 bits per heavy atom. The summed E-state index contributed by atoms with van der Waals surface area (Å²) in [7, 11) is 0. The second kappa shape index (κ2) is 7.46. The van der Waals surface area contributed by atoms with Crippen molar-refractivity contribution in [3.05, 3.63) is 65.2 Å². The summed E-state index contributed by atoms with van der Waals surface area (Å²) in [6.07, 6.45) is 4.36. The first-order chi connectivity index (χ1) is 12.5. The Kier molecular flexibility index (Phi) is 5.10. The molecule has 0 unspecified atom stereocenters. The van der Waals surface area contributed by atoms with E-state index in [0.717, 1.165) is 12.1 Å². The molecule has 0 saturated heterocycles. The first-order valence-corrected chi connectivity index (χ1v) is 7.69. The van der Waals surface area contributed by atoms with Gasteiger partial charge in [-0.15, -0.1) is 0 Å². The minimum atomic E-state index is -0.895. The summed E-state index contributed by atoms with van der Waals surface area (Å²) in [4.78, 5) is 14.9. The van der Waals surface area contributed by atoms with Crippen molar-refractivity contribution in [2.45, 2.75) is 6.54 Å². The smallest absolute Gasteiger partial charge is 0.331 e. The van der Waals surface area contributed by atoms with E-state index in [1.807, 2.05) is 0 Å². The normalized spacial score (nSPS) is 10.6. The maximum Gasteiger partial charge on any atom is 0.338 e. The monoisotopic (exact) mass is 379 g/mol. The van der Waals surface area contributed by atoms with E-state index in [-0.39, 0.29) is 28.5 Å². The molecule has 0 spiro atoms. The predicted octanol–water partition coefficient (Wildman–Crippen LogP) is 3.05. The second-order valence-electron chi connectivity index (χ2n) is 5.18. The highest BCUT2D eigenvalue weighted by molar-refractivity contribution is 6.31. The molecule has 2 aromatic heterocycles. The molecular weight excluding hydrogens is 368 g/mol. The van der Waals surface area contributed by atoms with Gasteiger partial charge in [-0.2, -0.15) is 5.10 Å². The van der Waals surface area contributed by atoms with Crippen LogP contribution in [0.3, 0.4) is 0 Å². The van der Waals surface area contributed by atoms with Crippen LogP contribution in [0.25, 0.3) is 16.8 Å². The summed E-state index contributed by atoms with van der Waals surface area (Å²) in [5.74, 6) is -1.34. The van der Waals surface area contributed by atoms with Gasteiger partial charge in [0.15, 0.2) is 5.82 Å². The summed E-state index contributed by atoms with van der Waals surface area (Å²) in [5.41, 5.74) is 1.99. The number of hydrogen-bond acceptors (Lipinski definition) is 4. The van der Waals surface area contributed by atoms with Crippen molar-refractivity contribution in [1.29, 1.82) is 0 Å². The molecule has 3 N–H and O–H groups in total. The Morgan fingerprint density at radius 2 is 2.08 bits per heavy atom. The molecule has 7 nitrogen and oxygen atoms in total. The average molecular weight is 380 g/mol. The highest BCUT2D eigenvalue weighted by Gasteiger charge is 2.17. The van der Waals surface area contributed by atoms with Gasteiger partial charge in [0, 0.05) is 34.7 Å². The van der Waals surface area contributed by atoms with Gasteiger partial charge in [-0.3, -0.25) is 10.2 Å². The maximum absolute atomic E-state index is 14.5. The first kappa shape index (κ1) is 17.8. The van der Waals surface area contributed by atoms with Crippen LogP contribution < -0.4 is 10.8 Å². The Balaban J connectivity index is 2.02. The van der Waals surface area contributed by atoms with Crippen molar-refractivity contribution in [3.8, 4) is 16.8 Å². The lowest BCUT2D eigenvalue weighted by molar-refractivity contribution is 0.161. The molecule has 10 heteroatoms. The molecule has 0 aliphatic rings. The number of carbonyl (C=O) groups is 1. The summed E-state index contributed by atoms with van der Waals surface area (Å²) < 4.78 is 30.1.